The summed E-state index contributed by atoms with van der Waals surface area (Å²) in [7, 11) is 0. The first-order valence-electron chi connectivity index (χ1n) is 7.00. The lowest BCUT2D eigenvalue weighted by Gasteiger charge is -2.19. The van der Waals surface area contributed by atoms with Crippen molar-refractivity contribution in [3.63, 3.8) is 0 Å². The molecule has 1 aliphatic carbocycles. The Kier molecular flexibility index (Phi) is 3.30. The van der Waals surface area contributed by atoms with Crippen LogP contribution in [0.25, 0.3) is 0 Å². The van der Waals surface area contributed by atoms with Crippen molar-refractivity contribution in [2.75, 3.05) is 4.90 Å². The molecule has 20 heavy (non-hydrogen) atoms. The van der Waals surface area contributed by atoms with Crippen LogP contribution in [0.1, 0.15) is 31.2 Å². The van der Waals surface area contributed by atoms with Crippen LogP contribution in [0.15, 0.2) is 18.2 Å². The Morgan fingerprint density at radius 3 is 2.30 bits per heavy atom. The van der Waals surface area contributed by atoms with Gasteiger partial charge in [0.25, 0.3) is 0 Å². The summed E-state index contributed by atoms with van der Waals surface area (Å²) in [4.78, 5) is 26.1. The van der Waals surface area contributed by atoms with Gasteiger partial charge in [-0.05, 0) is 25.0 Å². The van der Waals surface area contributed by atoms with E-state index in [0.29, 0.717) is 5.69 Å². The molecule has 0 radical (unpaired) electrons. The molecule has 106 valence electrons. The molecule has 0 aromatic heterocycles. The van der Waals surface area contributed by atoms with Crippen LogP contribution in [0, 0.1) is 17.7 Å². The molecule has 1 heterocycles. The summed E-state index contributed by atoms with van der Waals surface area (Å²) in [5.74, 6) is -1.32. The summed E-state index contributed by atoms with van der Waals surface area (Å²) in [6.45, 7) is -0.0333. The molecule has 4 nitrogen and oxygen atoms in total. The van der Waals surface area contributed by atoms with E-state index in [2.05, 4.69) is 0 Å². The van der Waals surface area contributed by atoms with Crippen molar-refractivity contribution in [2.24, 2.45) is 17.6 Å². The van der Waals surface area contributed by atoms with Gasteiger partial charge >= 0.3 is 0 Å². The Morgan fingerprint density at radius 1 is 1.15 bits per heavy atom. The lowest BCUT2D eigenvalue weighted by Crippen LogP contribution is -2.32. The predicted molar refractivity (Wildman–Crippen MR) is 72.2 cm³/mol. The van der Waals surface area contributed by atoms with Gasteiger partial charge in [0.15, 0.2) is 0 Å². The van der Waals surface area contributed by atoms with Gasteiger partial charge in [0.2, 0.25) is 11.8 Å². The lowest BCUT2D eigenvalue weighted by molar-refractivity contribution is -0.122. The fraction of sp³-hybridized carbons (Fsp3) is 0.467. The number of hydrogen-bond donors (Lipinski definition) is 1. The molecule has 2 amide bonds. The Labute approximate surface area is 116 Å². The third-order valence-electron chi connectivity index (χ3n) is 4.38. The van der Waals surface area contributed by atoms with Crippen molar-refractivity contribution < 1.29 is 14.0 Å². The summed E-state index contributed by atoms with van der Waals surface area (Å²) in [5.41, 5.74) is 6.11. The Bertz CT molecular complexity index is 549. The van der Waals surface area contributed by atoms with Crippen LogP contribution in [0.5, 0.6) is 0 Å². The van der Waals surface area contributed by atoms with E-state index in [0.717, 1.165) is 30.6 Å². The second-order valence-corrected chi connectivity index (χ2v) is 5.45. The minimum absolute atomic E-state index is 0.0333. The summed E-state index contributed by atoms with van der Waals surface area (Å²) in [6.07, 6.45) is 3.44. The number of carbonyl (C=O) groups is 2. The number of halogens is 1. The number of nitrogens with zero attached hydrogens (tertiary/aromatic N) is 1. The van der Waals surface area contributed by atoms with E-state index < -0.39 is 5.82 Å². The SMILES string of the molecule is NCc1c(F)cccc1N1C(=O)C2CCCCC2C1=O. The van der Waals surface area contributed by atoms with Gasteiger partial charge in [-0.15, -0.1) is 0 Å². The van der Waals surface area contributed by atoms with Crippen molar-refractivity contribution in [1.29, 1.82) is 0 Å². The number of imide groups is 1. The van der Waals surface area contributed by atoms with Crippen LogP contribution in [-0.4, -0.2) is 11.8 Å². The predicted octanol–water partition coefficient (Wildman–Crippen LogP) is 1.96. The molecule has 2 atom stereocenters. The largest absolute Gasteiger partial charge is 0.326 e. The zero-order valence-electron chi connectivity index (χ0n) is 11.1. The molecule has 2 unspecified atom stereocenters. The van der Waals surface area contributed by atoms with E-state index in [1.165, 1.54) is 12.1 Å². The molecular weight excluding hydrogens is 259 g/mol. The number of amides is 2. The highest BCUT2D eigenvalue weighted by atomic mass is 19.1. The van der Waals surface area contributed by atoms with Gasteiger partial charge < -0.3 is 5.73 Å². The van der Waals surface area contributed by atoms with E-state index in [1.54, 1.807) is 6.07 Å². The van der Waals surface area contributed by atoms with Crippen LogP contribution < -0.4 is 10.6 Å². The molecule has 1 aromatic rings. The van der Waals surface area contributed by atoms with Crippen molar-refractivity contribution in [2.45, 2.75) is 32.2 Å². The monoisotopic (exact) mass is 276 g/mol. The molecule has 1 aliphatic heterocycles. The first-order chi connectivity index (χ1) is 9.65. The quantitative estimate of drug-likeness (QED) is 0.840. The van der Waals surface area contributed by atoms with Crippen LogP contribution in [0.3, 0.4) is 0 Å². The van der Waals surface area contributed by atoms with E-state index in [9.17, 15) is 14.0 Å². The number of fused-ring (bicyclic) bond motifs is 1. The molecule has 0 bridgehead atoms. The maximum atomic E-state index is 13.8. The van der Waals surface area contributed by atoms with Gasteiger partial charge in [0, 0.05) is 12.1 Å². The van der Waals surface area contributed by atoms with E-state index in [1.807, 2.05) is 0 Å². The molecule has 3 rings (SSSR count). The van der Waals surface area contributed by atoms with Gasteiger partial charge in [-0.3, -0.25) is 9.59 Å². The minimum Gasteiger partial charge on any atom is -0.326 e. The smallest absolute Gasteiger partial charge is 0.237 e. The van der Waals surface area contributed by atoms with Gasteiger partial charge in [-0.2, -0.15) is 0 Å². The Balaban J connectivity index is 2.04. The molecule has 5 heteroatoms. The summed E-state index contributed by atoms with van der Waals surface area (Å²) >= 11 is 0. The van der Waals surface area contributed by atoms with Gasteiger partial charge in [-0.1, -0.05) is 18.9 Å². The number of rotatable bonds is 2. The molecule has 1 aromatic carbocycles. The molecule has 2 aliphatic rings. The average molecular weight is 276 g/mol. The fourth-order valence-electron chi connectivity index (χ4n) is 3.36. The van der Waals surface area contributed by atoms with Gasteiger partial charge in [-0.25, -0.2) is 9.29 Å². The topological polar surface area (TPSA) is 63.4 Å². The molecule has 2 N–H and O–H groups in total. The molecule has 1 saturated carbocycles. The van der Waals surface area contributed by atoms with Crippen LogP contribution in [0.2, 0.25) is 0 Å². The third-order valence-corrected chi connectivity index (χ3v) is 4.38. The summed E-state index contributed by atoms with van der Waals surface area (Å²) in [6, 6.07) is 4.40. The summed E-state index contributed by atoms with van der Waals surface area (Å²) < 4.78 is 13.8. The first-order valence-corrected chi connectivity index (χ1v) is 7.00. The number of hydrogen-bond acceptors (Lipinski definition) is 3. The van der Waals surface area contributed by atoms with Gasteiger partial charge in [0.1, 0.15) is 5.82 Å². The Morgan fingerprint density at radius 2 is 1.75 bits per heavy atom. The van der Waals surface area contributed by atoms with Crippen LogP contribution in [-0.2, 0) is 16.1 Å². The number of nitrogens with two attached hydrogens (primary N) is 1. The van der Waals surface area contributed by atoms with E-state index in [4.69, 9.17) is 5.73 Å². The molecule has 1 saturated heterocycles. The maximum Gasteiger partial charge on any atom is 0.237 e. The highest BCUT2D eigenvalue weighted by Gasteiger charge is 2.49. The fourth-order valence-corrected chi connectivity index (χ4v) is 3.36. The van der Waals surface area contributed by atoms with Gasteiger partial charge in [0.05, 0.1) is 17.5 Å². The number of carbonyl (C=O) groups excluding carboxylic acids is 2. The zero-order chi connectivity index (χ0) is 14.3. The second kappa shape index (κ2) is 4.98. The van der Waals surface area contributed by atoms with Crippen LogP contribution in [0.4, 0.5) is 10.1 Å². The van der Waals surface area contributed by atoms with Crippen molar-refractivity contribution >= 4 is 17.5 Å². The normalized spacial score (nSPS) is 26.0. The average Bonchev–Trinajstić information content (AvgIpc) is 2.71. The number of benzene rings is 1. The first kappa shape index (κ1) is 13.2. The highest BCUT2D eigenvalue weighted by Crippen LogP contribution is 2.41. The number of anilines is 1. The summed E-state index contributed by atoms with van der Waals surface area (Å²) in [5, 5.41) is 0. The highest BCUT2D eigenvalue weighted by molar-refractivity contribution is 6.22. The molecule has 2 fully saturated rings. The van der Waals surface area contributed by atoms with E-state index in [-0.39, 0.29) is 35.8 Å². The minimum atomic E-state index is -0.472. The third kappa shape index (κ3) is 1.85. The molecule has 0 spiro atoms. The lowest BCUT2D eigenvalue weighted by atomic mass is 9.81. The van der Waals surface area contributed by atoms with Crippen molar-refractivity contribution in [3.8, 4) is 0 Å². The van der Waals surface area contributed by atoms with E-state index >= 15 is 0 Å². The standard InChI is InChI=1S/C15H17FN2O2/c16-12-6-3-7-13(11(12)8-17)18-14(19)9-4-1-2-5-10(9)15(18)20/h3,6-7,9-10H,1-2,4-5,8,17H2. The molecular formula is C15H17FN2O2. The second-order valence-electron chi connectivity index (χ2n) is 5.45. The Hall–Kier alpha value is -1.75. The zero-order valence-corrected chi connectivity index (χ0v) is 11.1. The van der Waals surface area contributed by atoms with Crippen molar-refractivity contribution in [3.05, 3.63) is 29.6 Å². The van der Waals surface area contributed by atoms with Crippen molar-refractivity contribution in [1.82, 2.24) is 0 Å². The maximum absolute atomic E-state index is 13.8. The van der Waals surface area contributed by atoms with Crippen LogP contribution >= 0.6 is 0 Å².